The molecule has 70 valence electrons. The van der Waals surface area contributed by atoms with Gasteiger partial charge in [-0.2, -0.15) is 5.10 Å². The molecule has 6 nitrogen and oxygen atoms in total. The van der Waals surface area contributed by atoms with Crippen LogP contribution in [-0.2, 0) is 0 Å². The maximum absolute atomic E-state index is 8.44. The summed E-state index contributed by atoms with van der Waals surface area (Å²) >= 11 is 0. The first-order chi connectivity index (χ1) is 6.29. The first kappa shape index (κ1) is 9.24. The summed E-state index contributed by atoms with van der Waals surface area (Å²) in [6, 6.07) is 1.56. The molecule has 6 heteroatoms. The molecule has 1 aromatic heterocycles. The zero-order valence-electron chi connectivity index (χ0n) is 7.14. The molecule has 0 amide bonds. The van der Waals surface area contributed by atoms with Gasteiger partial charge in [-0.05, 0) is 13.0 Å². The Balaban J connectivity index is 3.04. The molecule has 1 rings (SSSR count). The highest BCUT2D eigenvalue weighted by Gasteiger charge is 2.08. The highest BCUT2D eigenvalue weighted by molar-refractivity contribution is 5.98. The molecule has 0 aliphatic heterocycles. The van der Waals surface area contributed by atoms with Gasteiger partial charge in [-0.1, -0.05) is 5.16 Å². The van der Waals surface area contributed by atoms with Crippen LogP contribution in [0.5, 0.6) is 5.88 Å². The molecule has 3 N–H and O–H groups in total. The second-order valence-electron chi connectivity index (χ2n) is 2.17. The largest absolute Gasteiger partial charge is 0.476 e. The second kappa shape index (κ2) is 4.24. The normalized spacial score (nSPS) is 11.3. The molecule has 0 bridgehead atoms. The lowest BCUT2D eigenvalue weighted by molar-refractivity contribution is 0.313. The topological polar surface area (TPSA) is 93.6 Å². The fourth-order valence-corrected chi connectivity index (χ4v) is 0.811. The lowest BCUT2D eigenvalue weighted by Crippen LogP contribution is -2.15. The minimum Gasteiger partial charge on any atom is -0.476 e. The molecule has 0 saturated heterocycles. The van der Waals surface area contributed by atoms with Crippen LogP contribution in [0.2, 0.25) is 0 Å². The summed E-state index contributed by atoms with van der Waals surface area (Å²) in [6.45, 7) is 2.26. The van der Waals surface area contributed by atoms with E-state index in [-0.39, 0.29) is 11.7 Å². The van der Waals surface area contributed by atoms with Crippen LogP contribution in [0, 0.1) is 0 Å². The van der Waals surface area contributed by atoms with E-state index in [9.17, 15) is 0 Å². The number of aromatic nitrogens is 2. The Morgan fingerprint density at radius 3 is 3.15 bits per heavy atom. The van der Waals surface area contributed by atoms with Crippen LogP contribution >= 0.6 is 0 Å². The van der Waals surface area contributed by atoms with Gasteiger partial charge in [-0.3, -0.25) is 0 Å². The minimum absolute atomic E-state index is 0.0432. The van der Waals surface area contributed by atoms with Gasteiger partial charge < -0.3 is 15.7 Å². The van der Waals surface area contributed by atoms with E-state index in [0.29, 0.717) is 12.2 Å². The summed E-state index contributed by atoms with van der Waals surface area (Å²) in [7, 11) is 0. The fourth-order valence-electron chi connectivity index (χ4n) is 0.811. The lowest BCUT2D eigenvalue weighted by atomic mass is 10.3. The van der Waals surface area contributed by atoms with E-state index >= 15 is 0 Å². The Morgan fingerprint density at radius 2 is 2.54 bits per heavy atom. The van der Waals surface area contributed by atoms with Gasteiger partial charge in [0.25, 0.3) is 0 Å². The average Bonchev–Trinajstić information content (AvgIpc) is 2.18. The van der Waals surface area contributed by atoms with Crippen molar-refractivity contribution in [3.63, 3.8) is 0 Å². The zero-order chi connectivity index (χ0) is 9.68. The SMILES string of the molecule is CCOc1nnccc1/C(N)=N/O. The summed E-state index contributed by atoms with van der Waals surface area (Å²) in [5, 5.41) is 18.6. The van der Waals surface area contributed by atoms with Gasteiger partial charge >= 0.3 is 0 Å². The third-order valence-corrected chi connectivity index (χ3v) is 1.35. The van der Waals surface area contributed by atoms with Crippen LogP contribution in [0.25, 0.3) is 0 Å². The standard InChI is InChI=1S/C7H10N4O2/c1-2-13-7-5(6(8)11-12)3-4-9-10-7/h3-4,12H,2H2,1H3,(H2,8,11). The summed E-state index contributed by atoms with van der Waals surface area (Å²) in [5.41, 5.74) is 5.81. The number of nitrogens with two attached hydrogens (primary N) is 1. The van der Waals surface area contributed by atoms with Crippen LogP contribution in [0.1, 0.15) is 12.5 Å². The van der Waals surface area contributed by atoms with Crippen molar-refractivity contribution in [3.8, 4) is 5.88 Å². The number of nitrogens with zero attached hydrogens (tertiary/aromatic N) is 3. The molecule has 0 spiro atoms. The first-order valence-corrected chi connectivity index (χ1v) is 3.72. The Bertz CT molecular complexity index is 313. The van der Waals surface area contributed by atoms with Crippen molar-refractivity contribution in [1.82, 2.24) is 10.2 Å². The van der Waals surface area contributed by atoms with Gasteiger partial charge in [-0.15, -0.1) is 5.10 Å². The molecule has 0 fully saturated rings. The van der Waals surface area contributed by atoms with Crippen LogP contribution in [0.15, 0.2) is 17.4 Å². The number of rotatable bonds is 3. The molecule has 0 aliphatic carbocycles. The van der Waals surface area contributed by atoms with Crippen molar-refractivity contribution >= 4 is 5.84 Å². The zero-order valence-corrected chi connectivity index (χ0v) is 7.14. The summed E-state index contributed by atoms with van der Waals surface area (Å²) in [6.07, 6.45) is 1.44. The second-order valence-corrected chi connectivity index (χ2v) is 2.17. The number of ether oxygens (including phenoxy) is 1. The van der Waals surface area contributed by atoms with Gasteiger partial charge in [0.1, 0.15) is 0 Å². The van der Waals surface area contributed by atoms with Crippen molar-refractivity contribution in [3.05, 3.63) is 17.8 Å². The van der Waals surface area contributed by atoms with Crippen molar-refractivity contribution in [2.45, 2.75) is 6.92 Å². The van der Waals surface area contributed by atoms with E-state index in [4.69, 9.17) is 15.7 Å². The highest BCUT2D eigenvalue weighted by Crippen LogP contribution is 2.11. The van der Waals surface area contributed by atoms with Crippen molar-refractivity contribution in [2.75, 3.05) is 6.61 Å². The fraction of sp³-hybridized carbons (Fsp3) is 0.286. The van der Waals surface area contributed by atoms with E-state index in [0.717, 1.165) is 0 Å². The van der Waals surface area contributed by atoms with Crippen LogP contribution in [0.3, 0.4) is 0 Å². The third-order valence-electron chi connectivity index (χ3n) is 1.35. The van der Waals surface area contributed by atoms with E-state index < -0.39 is 0 Å². The smallest absolute Gasteiger partial charge is 0.244 e. The molecule has 0 radical (unpaired) electrons. The Hall–Kier alpha value is -1.85. The van der Waals surface area contributed by atoms with Gasteiger partial charge in [0.05, 0.1) is 18.4 Å². The van der Waals surface area contributed by atoms with Gasteiger partial charge in [0.15, 0.2) is 5.84 Å². The molecule has 1 heterocycles. The summed E-state index contributed by atoms with van der Waals surface area (Å²) < 4.78 is 5.11. The Labute approximate surface area is 75.0 Å². The highest BCUT2D eigenvalue weighted by atomic mass is 16.5. The van der Waals surface area contributed by atoms with E-state index in [1.54, 1.807) is 6.07 Å². The van der Waals surface area contributed by atoms with Crippen molar-refractivity contribution < 1.29 is 9.94 Å². The lowest BCUT2D eigenvalue weighted by Gasteiger charge is -2.05. The van der Waals surface area contributed by atoms with E-state index in [2.05, 4.69) is 15.4 Å². The number of hydrogen-bond acceptors (Lipinski definition) is 5. The maximum atomic E-state index is 8.44. The molecule has 0 atom stereocenters. The van der Waals surface area contributed by atoms with Gasteiger partial charge in [0, 0.05) is 0 Å². The van der Waals surface area contributed by atoms with Crippen molar-refractivity contribution in [2.24, 2.45) is 10.9 Å². The molecule has 0 aliphatic rings. The molecule has 0 unspecified atom stereocenters. The van der Waals surface area contributed by atoms with Crippen LogP contribution in [-0.4, -0.2) is 27.8 Å². The third kappa shape index (κ3) is 2.05. The number of amidine groups is 1. The van der Waals surface area contributed by atoms with Crippen LogP contribution in [0.4, 0.5) is 0 Å². The molecular formula is C7H10N4O2. The monoisotopic (exact) mass is 182 g/mol. The quantitative estimate of drug-likeness (QED) is 0.296. The molecular weight excluding hydrogens is 172 g/mol. The Kier molecular flexibility index (Phi) is 3.02. The summed E-state index contributed by atoms with van der Waals surface area (Å²) in [4.78, 5) is 0. The van der Waals surface area contributed by atoms with Crippen molar-refractivity contribution in [1.29, 1.82) is 0 Å². The number of hydrogen-bond donors (Lipinski definition) is 2. The minimum atomic E-state index is -0.0432. The first-order valence-electron chi connectivity index (χ1n) is 3.72. The average molecular weight is 182 g/mol. The van der Waals surface area contributed by atoms with E-state index in [1.807, 2.05) is 6.92 Å². The number of oxime groups is 1. The predicted octanol–water partition coefficient (Wildman–Crippen LogP) is -0.0302. The van der Waals surface area contributed by atoms with Gasteiger partial charge in [-0.25, -0.2) is 0 Å². The molecule has 0 aromatic carbocycles. The molecule has 1 aromatic rings. The van der Waals surface area contributed by atoms with Gasteiger partial charge in [0.2, 0.25) is 5.88 Å². The Morgan fingerprint density at radius 1 is 1.77 bits per heavy atom. The molecule has 13 heavy (non-hydrogen) atoms. The van der Waals surface area contributed by atoms with E-state index in [1.165, 1.54) is 6.20 Å². The molecule has 0 saturated carbocycles. The predicted molar refractivity (Wildman–Crippen MR) is 45.7 cm³/mol. The maximum Gasteiger partial charge on any atom is 0.244 e. The van der Waals surface area contributed by atoms with Crippen LogP contribution < -0.4 is 10.5 Å². The summed E-state index contributed by atoms with van der Waals surface area (Å²) in [5.74, 6) is 0.221.